The van der Waals surface area contributed by atoms with Gasteiger partial charge >= 0.3 is 12.1 Å². The highest BCUT2D eigenvalue weighted by Crippen LogP contribution is 2.44. The minimum Gasteiger partial charge on any atom is -0.449 e. The number of aromatic amines is 1. The summed E-state index contributed by atoms with van der Waals surface area (Å²) in [5, 5.41) is 11.7. The Balaban J connectivity index is 1.12. The highest BCUT2D eigenvalue weighted by atomic mass is 16.7. The van der Waals surface area contributed by atoms with Crippen LogP contribution in [0.2, 0.25) is 0 Å². The summed E-state index contributed by atoms with van der Waals surface area (Å²) >= 11 is 0. The molecule has 202 valence electrons. The Kier molecular flexibility index (Phi) is 6.16. The van der Waals surface area contributed by atoms with E-state index in [9.17, 15) is 9.59 Å². The van der Waals surface area contributed by atoms with Gasteiger partial charge in [0.2, 0.25) is 0 Å². The fourth-order valence-corrected chi connectivity index (χ4v) is 5.56. The molecule has 2 N–H and O–H groups in total. The number of ether oxygens (including phenoxy) is 1. The van der Waals surface area contributed by atoms with E-state index in [1.54, 1.807) is 18.2 Å². The van der Waals surface area contributed by atoms with Gasteiger partial charge < -0.3 is 19.9 Å². The predicted molar refractivity (Wildman–Crippen MR) is 153 cm³/mol. The number of carbonyl (C=O) groups is 2. The van der Waals surface area contributed by atoms with Crippen LogP contribution < -0.4 is 10.2 Å². The first-order chi connectivity index (χ1) is 20.2. The van der Waals surface area contributed by atoms with Crippen LogP contribution in [-0.4, -0.2) is 44.9 Å². The molecule has 1 atom stereocenters. The summed E-state index contributed by atoms with van der Waals surface area (Å²) in [4.78, 5) is 36.5. The van der Waals surface area contributed by atoms with Gasteiger partial charge in [-0.15, -0.1) is 5.10 Å². The number of rotatable bonds is 7. The molecule has 6 aromatic rings. The van der Waals surface area contributed by atoms with Crippen LogP contribution in [0.5, 0.6) is 0 Å². The number of amides is 1. The van der Waals surface area contributed by atoms with Crippen LogP contribution in [0, 0.1) is 0 Å². The van der Waals surface area contributed by atoms with E-state index in [1.165, 1.54) is 0 Å². The first-order valence-corrected chi connectivity index (χ1v) is 13.3. The highest BCUT2D eigenvalue weighted by molar-refractivity contribution is 5.87. The SMILES string of the molecule is O=C(NC(Cc1c[nH]c2ccccc12)C(=O)On1nnc2ccccc21)OCC1c2ccccc2-c2ccccc21. The van der Waals surface area contributed by atoms with Crippen molar-refractivity contribution in [2.75, 3.05) is 6.61 Å². The molecule has 1 aliphatic rings. The third-order valence-corrected chi connectivity index (χ3v) is 7.52. The molecule has 9 nitrogen and oxygen atoms in total. The number of aromatic nitrogens is 4. The van der Waals surface area contributed by atoms with Crippen molar-refractivity contribution in [3.8, 4) is 11.1 Å². The summed E-state index contributed by atoms with van der Waals surface area (Å²) < 4.78 is 5.73. The van der Waals surface area contributed by atoms with E-state index in [-0.39, 0.29) is 18.9 Å². The molecule has 4 aromatic carbocycles. The third kappa shape index (κ3) is 4.57. The second-order valence-corrected chi connectivity index (χ2v) is 9.95. The van der Waals surface area contributed by atoms with Gasteiger partial charge in [-0.05, 0) is 51.2 Å². The number of benzene rings is 4. The Morgan fingerprint density at radius 2 is 1.56 bits per heavy atom. The van der Waals surface area contributed by atoms with Gasteiger partial charge in [0.25, 0.3) is 0 Å². The lowest BCUT2D eigenvalue weighted by atomic mass is 9.98. The molecule has 0 saturated heterocycles. The summed E-state index contributed by atoms with van der Waals surface area (Å²) in [7, 11) is 0. The van der Waals surface area contributed by atoms with E-state index >= 15 is 0 Å². The highest BCUT2D eigenvalue weighted by Gasteiger charge is 2.31. The van der Waals surface area contributed by atoms with E-state index < -0.39 is 18.1 Å². The molecule has 2 heterocycles. The molecule has 41 heavy (non-hydrogen) atoms. The molecular formula is C32H25N5O4. The molecule has 0 fully saturated rings. The lowest BCUT2D eigenvalue weighted by Crippen LogP contribution is -2.46. The largest absolute Gasteiger partial charge is 0.449 e. The zero-order valence-corrected chi connectivity index (χ0v) is 21.9. The molecule has 1 amide bonds. The quantitative estimate of drug-likeness (QED) is 0.274. The van der Waals surface area contributed by atoms with Crippen molar-refractivity contribution in [1.29, 1.82) is 0 Å². The van der Waals surface area contributed by atoms with Crippen molar-refractivity contribution in [3.05, 3.63) is 120 Å². The van der Waals surface area contributed by atoms with Crippen LogP contribution in [0.25, 0.3) is 33.1 Å². The number of alkyl carbamates (subject to hydrolysis) is 1. The number of para-hydroxylation sites is 2. The zero-order chi connectivity index (χ0) is 27.8. The van der Waals surface area contributed by atoms with Crippen molar-refractivity contribution in [3.63, 3.8) is 0 Å². The third-order valence-electron chi connectivity index (χ3n) is 7.52. The van der Waals surface area contributed by atoms with Gasteiger partial charge in [0.05, 0.1) is 0 Å². The van der Waals surface area contributed by atoms with Crippen LogP contribution in [0.3, 0.4) is 0 Å². The molecular weight excluding hydrogens is 518 g/mol. The first kappa shape index (κ1) is 24.6. The Hall–Kier alpha value is -5.44. The van der Waals surface area contributed by atoms with Crippen LogP contribution in [0.1, 0.15) is 22.6 Å². The number of nitrogens with zero attached hydrogens (tertiary/aromatic N) is 3. The summed E-state index contributed by atoms with van der Waals surface area (Å²) in [5.74, 6) is -0.798. The molecule has 0 radical (unpaired) electrons. The van der Waals surface area contributed by atoms with Crippen LogP contribution in [0.4, 0.5) is 4.79 Å². The van der Waals surface area contributed by atoms with Gasteiger partial charge in [0.15, 0.2) is 0 Å². The summed E-state index contributed by atoms with van der Waals surface area (Å²) in [6.45, 7) is 0.127. The first-order valence-electron chi connectivity index (χ1n) is 13.3. The molecule has 2 aromatic heterocycles. The maximum Gasteiger partial charge on any atom is 0.407 e. The second-order valence-electron chi connectivity index (χ2n) is 9.95. The number of H-pyrrole nitrogens is 1. The fraction of sp³-hybridized carbons (Fsp3) is 0.125. The van der Waals surface area contributed by atoms with E-state index in [0.29, 0.717) is 11.0 Å². The van der Waals surface area contributed by atoms with Gasteiger partial charge in [0.1, 0.15) is 23.7 Å². The summed E-state index contributed by atoms with van der Waals surface area (Å²) in [5.41, 5.74) is 7.38. The average Bonchev–Trinajstić information content (AvgIpc) is 3.70. The van der Waals surface area contributed by atoms with Crippen molar-refractivity contribution >= 4 is 34.0 Å². The number of nitrogens with one attached hydrogen (secondary N) is 2. The zero-order valence-electron chi connectivity index (χ0n) is 21.9. The Bertz CT molecular complexity index is 1860. The molecule has 1 unspecified atom stereocenters. The monoisotopic (exact) mass is 543 g/mol. The van der Waals surface area contributed by atoms with Crippen LogP contribution >= 0.6 is 0 Å². The maximum absolute atomic E-state index is 13.4. The minimum atomic E-state index is -1.05. The molecule has 0 saturated carbocycles. The van der Waals surface area contributed by atoms with Crippen LogP contribution in [-0.2, 0) is 16.0 Å². The molecule has 0 bridgehead atoms. The van der Waals surface area contributed by atoms with Gasteiger partial charge in [0, 0.05) is 29.4 Å². The van der Waals surface area contributed by atoms with Crippen molar-refractivity contribution in [2.45, 2.75) is 18.4 Å². The Morgan fingerprint density at radius 1 is 0.878 bits per heavy atom. The minimum absolute atomic E-state index is 0.103. The topological polar surface area (TPSA) is 111 Å². The van der Waals surface area contributed by atoms with Crippen molar-refractivity contribution in [2.24, 2.45) is 0 Å². The lowest BCUT2D eigenvalue weighted by molar-refractivity contribution is -0.147. The average molecular weight is 544 g/mol. The number of fused-ring (bicyclic) bond motifs is 5. The summed E-state index contributed by atoms with van der Waals surface area (Å²) in [6, 6.07) is 30.1. The fourth-order valence-electron chi connectivity index (χ4n) is 5.56. The van der Waals surface area contributed by atoms with Crippen molar-refractivity contribution in [1.82, 2.24) is 25.5 Å². The smallest absolute Gasteiger partial charge is 0.407 e. The van der Waals surface area contributed by atoms with E-state index in [4.69, 9.17) is 9.57 Å². The predicted octanol–water partition coefficient (Wildman–Crippen LogP) is 5.02. The second kappa shape index (κ2) is 10.3. The molecule has 0 spiro atoms. The van der Waals surface area contributed by atoms with Gasteiger partial charge in [-0.25, -0.2) is 9.59 Å². The number of hydrogen-bond donors (Lipinski definition) is 2. The van der Waals surface area contributed by atoms with Crippen LogP contribution in [0.15, 0.2) is 103 Å². The van der Waals surface area contributed by atoms with E-state index in [1.807, 2.05) is 60.8 Å². The van der Waals surface area contributed by atoms with E-state index in [0.717, 1.165) is 43.6 Å². The maximum atomic E-state index is 13.4. The molecule has 9 heteroatoms. The van der Waals surface area contributed by atoms with Gasteiger partial charge in [-0.1, -0.05) is 83.7 Å². The summed E-state index contributed by atoms with van der Waals surface area (Å²) in [6.07, 6.45) is 1.30. The lowest BCUT2D eigenvalue weighted by Gasteiger charge is -2.19. The van der Waals surface area contributed by atoms with E-state index in [2.05, 4.69) is 44.9 Å². The molecule has 7 rings (SSSR count). The molecule has 0 aliphatic heterocycles. The molecule has 1 aliphatic carbocycles. The van der Waals surface area contributed by atoms with Crippen molar-refractivity contribution < 1.29 is 19.2 Å². The normalized spacial score (nSPS) is 13.1. The standard InChI is InChI=1S/C32H25N5O4/c38-31(41-37-30-16-8-7-15-28(30)35-36-37)29(17-20-18-33-27-14-6-5-9-21(20)27)34-32(39)40-19-26-24-12-3-1-10-22(24)23-11-2-4-13-25(23)26/h1-16,18,26,29,33H,17,19H2,(H,34,39). The van der Waals surface area contributed by atoms with Gasteiger partial charge in [-0.2, -0.15) is 0 Å². The Morgan fingerprint density at radius 3 is 2.37 bits per heavy atom. The number of carbonyl (C=O) groups excluding carboxylic acids is 2. The Labute approximate surface area is 234 Å². The van der Waals surface area contributed by atoms with Gasteiger partial charge in [-0.3, -0.25) is 0 Å². The number of hydrogen-bond acceptors (Lipinski definition) is 6.